The average molecular weight is 545 g/mol. The fourth-order valence-electron chi connectivity index (χ4n) is 4.03. The lowest BCUT2D eigenvalue weighted by molar-refractivity contribution is -0.114. The molecule has 1 N–H and O–H groups in total. The van der Waals surface area contributed by atoms with Crippen LogP contribution in [0.1, 0.15) is 42.3 Å². The van der Waals surface area contributed by atoms with Gasteiger partial charge >= 0.3 is 0 Å². The second-order valence-electron chi connectivity index (χ2n) is 10.1. The molecule has 0 aliphatic rings. The van der Waals surface area contributed by atoms with E-state index in [1.807, 2.05) is 12.1 Å². The first-order valence-electron chi connectivity index (χ1n) is 12.3. The topological polar surface area (TPSA) is 83.6 Å². The second-order valence-corrected chi connectivity index (χ2v) is 11.9. The van der Waals surface area contributed by atoms with Gasteiger partial charge in [0.25, 0.3) is 10.0 Å². The monoisotopic (exact) mass is 544 g/mol. The molecule has 39 heavy (non-hydrogen) atoms. The zero-order valence-electron chi connectivity index (χ0n) is 21.9. The van der Waals surface area contributed by atoms with Crippen molar-refractivity contribution in [3.8, 4) is 0 Å². The van der Waals surface area contributed by atoms with E-state index in [2.05, 4.69) is 26.1 Å². The zero-order chi connectivity index (χ0) is 28.2. The minimum absolute atomic E-state index is 0.0453. The summed E-state index contributed by atoms with van der Waals surface area (Å²) in [4.78, 5) is 26.1. The van der Waals surface area contributed by atoms with Crippen LogP contribution in [0.15, 0.2) is 108 Å². The van der Waals surface area contributed by atoms with Gasteiger partial charge in [0.15, 0.2) is 5.78 Å². The Hall–Kier alpha value is -4.30. The number of halogens is 1. The molecule has 0 spiro atoms. The van der Waals surface area contributed by atoms with Gasteiger partial charge in [0, 0.05) is 16.8 Å². The molecule has 0 fully saturated rings. The van der Waals surface area contributed by atoms with Gasteiger partial charge in [-0.05, 0) is 47.4 Å². The number of hydrogen-bond donors (Lipinski definition) is 1. The van der Waals surface area contributed by atoms with Gasteiger partial charge in [-0.25, -0.2) is 12.8 Å². The third-order valence-corrected chi connectivity index (χ3v) is 7.94. The molecular weight excluding hydrogens is 515 g/mol. The van der Waals surface area contributed by atoms with E-state index in [9.17, 15) is 22.4 Å². The standard InChI is InChI=1S/C31H29FN2O4S/c1-31(2,3)24-18-16-22(17-19-24)30(36)23-10-9-11-25(20-23)33-29(35)21-34(28-15-8-7-14-27(28)32)39(37,38)26-12-5-4-6-13-26/h4-20H,21H2,1-3H3,(H,33,35). The number of amides is 1. The van der Waals surface area contributed by atoms with Crippen LogP contribution < -0.4 is 9.62 Å². The Balaban J connectivity index is 1.57. The number of hydrogen-bond acceptors (Lipinski definition) is 4. The number of rotatable bonds is 8. The van der Waals surface area contributed by atoms with E-state index < -0.39 is 28.3 Å². The van der Waals surface area contributed by atoms with Crippen molar-refractivity contribution in [2.75, 3.05) is 16.2 Å². The summed E-state index contributed by atoms with van der Waals surface area (Å²) in [5.41, 5.74) is 1.98. The Bertz CT molecular complexity index is 1600. The molecule has 0 radical (unpaired) electrons. The van der Waals surface area contributed by atoms with Crippen LogP contribution in [0.5, 0.6) is 0 Å². The van der Waals surface area contributed by atoms with Crippen molar-refractivity contribution >= 4 is 33.1 Å². The van der Waals surface area contributed by atoms with Gasteiger partial charge in [-0.1, -0.05) is 87.5 Å². The number of ketones is 1. The van der Waals surface area contributed by atoms with Crippen LogP contribution in [0.25, 0.3) is 0 Å². The van der Waals surface area contributed by atoms with Crippen molar-refractivity contribution < 1.29 is 22.4 Å². The molecule has 1 amide bonds. The maximum atomic E-state index is 14.7. The molecule has 0 aliphatic heterocycles. The highest BCUT2D eigenvalue weighted by Gasteiger charge is 2.29. The van der Waals surface area contributed by atoms with E-state index >= 15 is 0 Å². The van der Waals surface area contributed by atoms with Crippen molar-refractivity contribution in [3.63, 3.8) is 0 Å². The Morgan fingerprint density at radius 3 is 2.08 bits per heavy atom. The number of nitrogens with one attached hydrogen (secondary N) is 1. The van der Waals surface area contributed by atoms with Crippen molar-refractivity contribution in [1.29, 1.82) is 0 Å². The number of carbonyl (C=O) groups is 2. The summed E-state index contributed by atoms with van der Waals surface area (Å²) in [6.07, 6.45) is 0. The molecule has 4 aromatic carbocycles. The van der Waals surface area contributed by atoms with Crippen LogP contribution in [0, 0.1) is 5.82 Å². The number of carbonyl (C=O) groups excluding carboxylic acids is 2. The molecule has 0 saturated carbocycles. The average Bonchev–Trinajstić information content (AvgIpc) is 2.92. The molecule has 0 unspecified atom stereocenters. The molecule has 0 aromatic heterocycles. The third-order valence-electron chi connectivity index (χ3n) is 6.16. The lowest BCUT2D eigenvalue weighted by Gasteiger charge is -2.24. The first-order chi connectivity index (χ1) is 18.5. The molecular formula is C31H29FN2O4S. The Morgan fingerprint density at radius 2 is 1.44 bits per heavy atom. The van der Waals surface area contributed by atoms with Crippen molar-refractivity contribution in [2.24, 2.45) is 0 Å². The maximum Gasteiger partial charge on any atom is 0.264 e. The lowest BCUT2D eigenvalue weighted by Crippen LogP contribution is -2.38. The predicted octanol–water partition coefficient (Wildman–Crippen LogP) is 6.19. The summed E-state index contributed by atoms with van der Waals surface area (Å²) < 4.78 is 42.2. The summed E-state index contributed by atoms with van der Waals surface area (Å²) in [6.45, 7) is 5.60. The molecule has 6 nitrogen and oxygen atoms in total. The second kappa shape index (κ2) is 11.2. The Kier molecular flexibility index (Phi) is 7.97. The van der Waals surface area contributed by atoms with Gasteiger partial charge in [0.2, 0.25) is 5.91 Å². The van der Waals surface area contributed by atoms with Gasteiger partial charge in [0.1, 0.15) is 12.4 Å². The number of anilines is 2. The van der Waals surface area contributed by atoms with Crippen LogP contribution in [-0.2, 0) is 20.2 Å². The molecule has 0 bridgehead atoms. The van der Waals surface area contributed by atoms with Crippen LogP contribution in [0.4, 0.5) is 15.8 Å². The van der Waals surface area contributed by atoms with Gasteiger partial charge in [-0.15, -0.1) is 0 Å². The van der Waals surface area contributed by atoms with Crippen LogP contribution in [0.2, 0.25) is 0 Å². The van der Waals surface area contributed by atoms with E-state index in [1.54, 1.807) is 48.5 Å². The van der Waals surface area contributed by atoms with Crippen molar-refractivity contribution in [3.05, 3.63) is 126 Å². The number of benzene rings is 4. The smallest absolute Gasteiger partial charge is 0.264 e. The maximum absolute atomic E-state index is 14.7. The van der Waals surface area contributed by atoms with Crippen molar-refractivity contribution in [2.45, 2.75) is 31.1 Å². The van der Waals surface area contributed by atoms with E-state index in [-0.39, 0.29) is 21.8 Å². The van der Waals surface area contributed by atoms with E-state index in [1.165, 1.54) is 36.4 Å². The van der Waals surface area contributed by atoms with E-state index in [0.29, 0.717) is 16.8 Å². The van der Waals surface area contributed by atoms with Gasteiger partial charge in [-0.2, -0.15) is 0 Å². The molecule has 4 rings (SSSR count). The predicted molar refractivity (Wildman–Crippen MR) is 151 cm³/mol. The molecule has 4 aromatic rings. The first-order valence-corrected chi connectivity index (χ1v) is 13.8. The molecule has 0 heterocycles. The molecule has 8 heteroatoms. The number of para-hydroxylation sites is 1. The molecule has 0 atom stereocenters. The van der Waals surface area contributed by atoms with Crippen molar-refractivity contribution in [1.82, 2.24) is 0 Å². The largest absolute Gasteiger partial charge is 0.324 e. The lowest BCUT2D eigenvalue weighted by atomic mass is 9.86. The van der Waals surface area contributed by atoms with Crippen LogP contribution >= 0.6 is 0 Å². The van der Waals surface area contributed by atoms with Gasteiger partial charge in [-0.3, -0.25) is 13.9 Å². The summed E-state index contributed by atoms with van der Waals surface area (Å²) >= 11 is 0. The minimum Gasteiger partial charge on any atom is -0.324 e. The third kappa shape index (κ3) is 6.41. The zero-order valence-corrected chi connectivity index (χ0v) is 22.7. The summed E-state index contributed by atoms with van der Waals surface area (Å²) in [7, 11) is -4.26. The SMILES string of the molecule is CC(C)(C)c1ccc(C(=O)c2cccc(NC(=O)CN(c3ccccc3F)S(=O)(=O)c3ccccc3)c2)cc1. The Morgan fingerprint density at radius 1 is 0.795 bits per heavy atom. The molecule has 0 saturated heterocycles. The number of nitrogens with zero attached hydrogens (tertiary/aromatic N) is 1. The molecule has 0 aliphatic carbocycles. The summed E-state index contributed by atoms with van der Waals surface area (Å²) in [5.74, 6) is -1.70. The highest BCUT2D eigenvalue weighted by atomic mass is 32.2. The first kappa shape index (κ1) is 27.7. The normalized spacial score (nSPS) is 11.6. The highest BCUT2D eigenvalue weighted by Crippen LogP contribution is 2.27. The quantitative estimate of drug-likeness (QED) is 0.268. The number of sulfonamides is 1. The summed E-state index contributed by atoms with van der Waals surface area (Å²) in [6, 6.07) is 26.6. The van der Waals surface area contributed by atoms with Gasteiger partial charge < -0.3 is 5.32 Å². The molecule has 200 valence electrons. The van der Waals surface area contributed by atoms with Crippen LogP contribution in [0.3, 0.4) is 0 Å². The summed E-state index contributed by atoms with van der Waals surface area (Å²) in [5, 5.41) is 2.64. The van der Waals surface area contributed by atoms with E-state index in [0.717, 1.165) is 15.9 Å². The van der Waals surface area contributed by atoms with E-state index in [4.69, 9.17) is 0 Å². The van der Waals surface area contributed by atoms with Crippen LogP contribution in [-0.4, -0.2) is 26.7 Å². The fraction of sp³-hybridized carbons (Fsp3) is 0.161. The van der Waals surface area contributed by atoms with Gasteiger partial charge in [0.05, 0.1) is 10.6 Å². The Labute approximate surface area is 228 Å². The fourth-order valence-corrected chi connectivity index (χ4v) is 5.48. The minimum atomic E-state index is -4.26. The highest BCUT2D eigenvalue weighted by molar-refractivity contribution is 7.92.